The maximum Gasteiger partial charge on any atom is 0.135 e. The van der Waals surface area contributed by atoms with Gasteiger partial charge in [0.05, 0.1) is 0 Å². The SMILES string of the molecule is CCC(CCCCC(=O)C(C)C)C(=O)[O-]. The van der Waals surface area contributed by atoms with Crippen molar-refractivity contribution in [3.8, 4) is 0 Å². The molecule has 0 N–H and O–H groups in total. The molecule has 0 aromatic rings. The molecule has 0 aliphatic rings. The van der Waals surface area contributed by atoms with Crippen LogP contribution in [-0.2, 0) is 9.59 Å². The Balaban J connectivity index is 3.61. The van der Waals surface area contributed by atoms with Crippen LogP contribution in [0.2, 0.25) is 0 Å². The number of Topliss-reactive ketones (excluding diaryl/α,β-unsaturated/α-hetero) is 1. The lowest BCUT2D eigenvalue weighted by Crippen LogP contribution is -2.30. The van der Waals surface area contributed by atoms with Gasteiger partial charge in [0.15, 0.2) is 0 Å². The second-order valence-corrected chi connectivity index (χ2v) is 4.29. The van der Waals surface area contributed by atoms with E-state index in [1.165, 1.54) is 0 Å². The summed E-state index contributed by atoms with van der Waals surface area (Å²) in [4.78, 5) is 21.9. The van der Waals surface area contributed by atoms with E-state index < -0.39 is 5.97 Å². The van der Waals surface area contributed by atoms with Gasteiger partial charge in [-0.15, -0.1) is 0 Å². The van der Waals surface area contributed by atoms with Gasteiger partial charge in [-0.05, 0) is 25.2 Å². The normalized spacial score (nSPS) is 12.8. The Kier molecular flexibility index (Phi) is 7.01. The third-order valence-electron chi connectivity index (χ3n) is 2.70. The summed E-state index contributed by atoms with van der Waals surface area (Å²) in [7, 11) is 0. The first-order valence-corrected chi connectivity index (χ1v) is 5.72. The van der Waals surface area contributed by atoms with Gasteiger partial charge in [-0.1, -0.05) is 27.2 Å². The average Bonchev–Trinajstić information content (AvgIpc) is 2.16. The van der Waals surface area contributed by atoms with Crippen LogP contribution in [0.4, 0.5) is 0 Å². The van der Waals surface area contributed by atoms with Crippen LogP contribution >= 0.6 is 0 Å². The largest absolute Gasteiger partial charge is 0.550 e. The van der Waals surface area contributed by atoms with Gasteiger partial charge in [0.1, 0.15) is 5.78 Å². The molecule has 3 nitrogen and oxygen atoms in total. The van der Waals surface area contributed by atoms with Crippen LogP contribution in [0.1, 0.15) is 52.9 Å². The fraction of sp³-hybridized carbons (Fsp3) is 0.833. The zero-order chi connectivity index (χ0) is 11.8. The van der Waals surface area contributed by atoms with Crippen LogP contribution in [0.5, 0.6) is 0 Å². The molecule has 15 heavy (non-hydrogen) atoms. The van der Waals surface area contributed by atoms with Crippen LogP contribution in [0.15, 0.2) is 0 Å². The highest BCUT2D eigenvalue weighted by atomic mass is 16.4. The molecule has 0 heterocycles. The van der Waals surface area contributed by atoms with Gasteiger partial charge in [0, 0.05) is 18.3 Å². The van der Waals surface area contributed by atoms with Gasteiger partial charge < -0.3 is 9.90 Å². The molecule has 3 heteroatoms. The molecule has 0 radical (unpaired) electrons. The topological polar surface area (TPSA) is 57.2 Å². The van der Waals surface area contributed by atoms with E-state index in [4.69, 9.17) is 0 Å². The Labute approximate surface area is 91.9 Å². The van der Waals surface area contributed by atoms with Crippen molar-refractivity contribution < 1.29 is 14.7 Å². The van der Waals surface area contributed by atoms with E-state index in [1.54, 1.807) is 0 Å². The number of carbonyl (C=O) groups excluding carboxylic acids is 2. The second kappa shape index (κ2) is 7.43. The molecule has 88 valence electrons. The van der Waals surface area contributed by atoms with Crippen LogP contribution in [0, 0.1) is 11.8 Å². The fourth-order valence-corrected chi connectivity index (χ4v) is 1.47. The Hall–Kier alpha value is -0.860. The highest BCUT2D eigenvalue weighted by Gasteiger charge is 2.09. The maximum absolute atomic E-state index is 11.3. The lowest BCUT2D eigenvalue weighted by molar-refractivity contribution is -0.311. The zero-order valence-corrected chi connectivity index (χ0v) is 9.91. The summed E-state index contributed by atoms with van der Waals surface area (Å²) >= 11 is 0. The van der Waals surface area contributed by atoms with Crippen molar-refractivity contribution in [2.45, 2.75) is 52.9 Å². The molecule has 0 saturated carbocycles. The minimum absolute atomic E-state index is 0.0908. The van der Waals surface area contributed by atoms with E-state index in [9.17, 15) is 14.7 Å². The van der Waals surface area contributed by atoms with Crippen molar-refractivity contribution in [1.82, 2.24) is 0 Å². The summed E-state index contributed by atoms with van der Waals surface area (Å²) in [6.07, 6.45) is 3.40. The molecule has 1 unspecified atom stereocenters. The Morgan fingerprint density at radius 1 is 1.20 bits per heavy atom. The highest BCUT2D eigenvalue weighted by Crippen LogP contribution is 2.13. The number of rotatable bonds is 8. The van der Waals surface area contributed by atoms with Gasteiger partial charge in [0.25, 0.3) is 0 Å². The van der Waals surface area contributed by atoms with Crippen molar-refractivity contribution in [2.24, 2.45) is 11.8 Å². The van der Waals surface area contributed by atoms with E-state index in [2.05, 4.69) is 0 Å². The van der Waals surface area contributed by atoms with Gasteiger partial charge in [-0.25, -0.2) is 0 Å². The highest BCUT2D eigenvalue weighted by molar-refractivity contribution is 5.80. The van der Waals surface area contributed by atoms with Crippen LogP contribution in [0.3, 0.4) is 0 Å². The monoisotopic (exact) mass is 213 g/mol. The second-order valence-electron chi connectivity index (χ2n) is 4.29. The lowest BCUT2D eigenvalue weighted by atomic mass is 9.97. The smallest absolute Gasteiger partial charge is 0.135 e. The van der Waals surface area contributed by atoms with E-state index in [0.717, 1.165) is 12.8 Å². The molecule has 0 aromatic heterocycles. The minimum atomic E-state index is -0.965. The molecule has 0 amide bonds. The molecule has 0 rings (SSSR count). The number of hydrogen-bond acceptors (Lipinski definition) is 3. The van der Waals surface area contributed by atoms with E-state index >= 15 is 0 Å². The van der Waals surface area contributed by atoms with E-state index in [1.807, 2.05) is 20.8 Å². The molecule has 0 aliphatic carbocycles. The number of ketones is 1. The predicted molar refractivity (Wildman–Crippen MR) is 57.1 cm³/mol. The third-order valence-corrected chi connectivity index (χ3v) is 2.70. The molecule has 0 aliphatic heterocycles. The quantitative estimate of drug-likeness (QED) is 0.575. The third kappa shape index (κ3) is 6.26. The van der Waals surface area contributed by atoms with Crippen LogP contribution in [-0.4, -0.2) is 11.8 Å². The number of carbonyl (C=O) groups is 2. The van der Waals surface area contributed by atoms with Crippen molar-refractivity contribution in [2.75, 3.05) is 0 Å². The van der Waals surface area contributed by atoms with Crippen molar-refractivity contribution in [1.29, 1.82) is 0 Å². The summed E-state index contributed by atoms with van der Waals surface area (Å²) in [5, 5.41) is 10.6. The van der Waals surface area contributed by atoms with Gasteiger partial charge in [0.2, 0.25) is 0 Å². The first-order chi connectivity index (χ1) is 6.99. The van der Waals surface area contributed by atoms with Gasteiger partial charge >= 0.3 is 0 Å². The number of carboxylic acid groups (broad SMARTS) is 1. The van der Waals surface area contributed by atoms with Crippen LogP contribution in [0.25, 0.3) is 0 Å². The van der Waals surface area contributed by atoms with Crippen molar-refractivity contribution in [3.63, 3.8) is 0 Å². The Bertz CT molecular complexity index is 209. The first-order valence-electron chi connectivity index (χ1n) is 5.72. The van der Waals surface area contributed by atoms with Crippen LogP contribution < -0.4 is 5.11 Å². The molecule has 0 saturated heterocycles. The minimum Gasteiger partial charge on any atom is -0.550 e. The molecule has 0 bridgehead atoms. The summed E-state index contributed by atoms with van der Waals surface area (Å²) in [6, 6.07) is 0. The van der Waals surface area contributed by atoms with Gasteiger partial charge in [-0.3, -0.25) is 4.79 Å². The number of unbranched alkanes of at least 4 members (excludes halogenated alkanes) is 1. The molecule has 0 spiro atoms. The van der Waals surface area contributed by atoms with E-state index in [0.29, 0.717) is 19.3 Å². The number of hydrogen-bond donors (Lipinski definition) is 0. The number of carboxylic acids is 1. The van der Waals surface area contributed by atoms with Crippen molar-refractivity contribution in [3.05, 3.63) is 0 Å². The molecular formula is C12H21O3-. The Morgan fingerprint density at radius 3 is 2.20 bits per heavy atom. The maximum atomic E-state index is 11.3. The van der Waals surface area contributed by atoms with Gasteiger partial charge in [-0.2, -0.15) is 0 Å². The molecule has 1 atom stereocenters. The predicted octanol–water partition coefficient (Wildman–Crippen LogP) is 1.55. The molecule has 0 aromatic carbocycles. The summed E-state index contributed by atoms with van der Waals surface area (Å²) in [5.74, 6) is -0.962. The number of aliphatic carboxylic acids is 1. The first kappa shape index (κ1) is 14.1. The summed E-state index contributed by atoms with van der Waals surface area (Å²) < 4.78 is 0. The average molecular weight is 213 g/mol. The van der Waals surface area contributed by atoms with E-state index in [-0.39, 0.29) is 17.6 Å². The standard InChI is InChI=1S/C12H22O3/c1-4-10(12(14)15)7-5-6-8-11(13)9(2)3/h9-10H,4-8H2,1-3H3,(H,14,15)/p-1. The fourth-order valence-electron chi connectivity index (χ4n) is 1.47. The molecule has 0 fully saturated rings. The van der Waals surface area contributed by atoms with Crippen molar-refractivity contribution >= 4 is 11.8 Å². The Morgan fingerprint density at radius 2 is 1.80 bits per heavy atom. The molecular weight excluding hydrogens is 192 g/mol. The summed E-state index contributed by atoms with van der Waals surface area (Å²) in [6.45, 7) is 5.62. The summed E-state index contributed by atoms with van der Waals surface area (Å²) in [5.41, 5.74) is 0. The lowest BCUT2D eigenvalue weighted by Gasteiger charge is -2.15. The zero-order valence-electron chi connectivity index (χ0n) is 9.91.